The van der Waals surface area contributed by atoms with Crippen molar-refractivity contribution in [3.05, 3.63) is 17.1 Å². The summed E-state index contributed by atoms with van der Waals surface area (Å²) in [6, 6.07) is 0. The van der Waals surface area contributed by atoms with E-state index in [-0.39, 0.29) is 22.0 Å². The van der Waals surface area contributed by atoms with Crippen molar-refractivity contribution in [1.29, 1.82) is 0 Å². The molecule has 0 unspecified atom stereocenters. The highest BCUT2D eigenvalue weighted by Gasteiger charge is 2.44. The molecule has 20 heavy (non-hydrogen) atoms. The molecule has 2 heterocycles. The highest BCUT2D eigenvalue weighted by Crippen LogP contribution is 2.37. The minimum atomic E-state index is -3.87. The molecule has 1 aliphatic heterocycles. The van der Waals surface area contributed by atoms with Crippen molar-refractivity contribution in [3.8, 4) is 0 Å². The zero-order valence-corrected chi connectivity index (χ0v) is 12.9. The van der Waals surface area contributed by atoms with Crippen LogP contribution in [0.2, 0.25) is 0 Å². The van der Waals surface area contributed by atoms with Crippen molar-refractivity contribution in [1.82, 2.24) is 4.31 Å². The van der Waals surface area contributed by atoms with Crippen LogP contribution in [0.25, 0.3) is 0 Å². The second kappa shape index (κ2) is 4.60. The van der Waals surface area contributed by atoms with Gasteiger partial charge in [-0.05, 0) is 40.5 Å². The summed E-state index contributed by atoms with van der Waals surface area (Å²) in [5.74, 6) is -1.04. The van der Waals surface area contributed by atoms with E-state index in [9.17, 15) is 18.3 Å². The number of aromatic carboxylic acids is 1. The summed E-state index contributed by atoms with van der Waals surface area (Å²) in [4.78, 5) is 11.1. The third-order valence-electron chi connectivity index (χ3n) is 3.79. The van der Waals surface area contributed by atoms with Gasteiger partial charge in [0.25, 0.3) is 0 Å². The number of carboxylic acids is 1. The van der Waals surface area contributed by atoms with Gasteiger partial charge in [-0.1, -0.05) is 0 Å². The highest BCUT2D eigenvalue weighted by atomic mass is 32.2. The van der Waals surface area contributed by atoms with E-state index in [0.29, 0.717) is 6.54 Å². The van der Waals surface area contributed by atoms with E-state index in [1.165, 1.54) is 18.2 Å². The molecular formula is C13H19NO5S. The number of carbonyl (C=O) groups is 1. The first kappa shape index (κ1) is 15.1. The summed E-state index contributed by atoms with van der Waals surface area (Å²) < 4.78 is 32.2. The Bertz CT molecular complexity index is 657. The summed E-state index contributed by atoms with van der Waals surface area (Å²) >= 11 is 0. The fourth-order valence-corrected chi connectivity index (χ4v) is 5.09. The highest BCUT2D eigenvalue weighted by molar-refractivity contribution is 7.89. The lowest BCUT2D eigenvalue weighted by atomic mass is 10.0. The molecule has 0 aromatic carbocycles. The molecule has 1 N–H and O–H groups in total. The maximum Gasteiger partial charge on any atom is 0.340 e. The van der Waals surface area contributed by atoms with Crippen LogP contribution in [0.5, 0.6) is 0 Å². The molecule has 112 valence electrons. The van der Waals surface area contributed by atoms with Crippen LogP contribution in [0.3, 0.4) is 0 Å². The minimum absolute atomic E-state index is 0.116. The number of aryl methyl sites for hydroxylation is 2. The van der Waals surface area contributed by atoms with Gasteiger partial charge in [0.05, 0.1) is 0 Å². The van der Waals surface area contributed by atoms with Gasteiger partial charge < -0.3 is 9.52 Å². The van der Waals surface area contributed by atoms with Crippen molar-refractivity contribution >= 4 is 16.0 Å². The second-order valence-corrected chi connectivity index (χ2v) is 7.52. The molecule has 1 fully saturated rings. The first-order valence-electron chi connectivity index (χ1n) is 6.45. The topological polar surface area (TPSA) is 87.8 Å². The zero-order valence-electron chi connectivity index (χ0n) is 12.1. The molecule has 1 aromatic rings. The Kier molecular flexibility index (Phi) is 3.46. The van der Waals surface area contributed by atoms with Crippen molar-refractivity contribution in [2.24, 2.45) is 0 Å². The van der Waals surface area contributed by atoms with E-state index in [1.807, 2.05) is 13.8 Å². The average molecular weight is 301 g/mol. The third-order valence-corrected chi connectivity index (χ3v) is 6.06. The molecule has 0 aliphatic carbocycles. The second-order valence-electron chi connectivity index (χ2n) is 5.72. The van der Waals surface area contributed by atoms with Crippen LogP contribution in [0, 0.1) is 13.8 Å². The third kappa shape index (κ3) is 2.14. The lowest BCUT2D eigenvalue weighted by molar-refractivity contribution is 0.0691. The maximum absolute atomic E-state index is 12.8. The van der Waals surface area contributed by atoms with Crippen LogP contribution in [0.4, 0.5) is 0 Å². The summed E-state index contributed by atoms with van der Waals surface area (Å²) in [5, 5.41) is 9.25. The molecule has 0 bridgehead atoms. The van der Waals surface area contributed by atoms with Crippen LogP contribution in [-0.4, -0.2) is 35.9 Å². The molecule has 1 aliphatic rings. The number of furan rings is 1. The molecule has 0 atom stereocenters. The first-order valence-corrected chi connectivity index (χ1v) is 7.89. The molecule has 0 spiro atoms. The molecule has 1 aromatic heterocycles. The van der Waals surface area contributed by atoms with Gasteiger partial charge in [0, 0.05) is 12.1 Å². The molecule has 0 amide bonds. The fraction of sp³-hybridized carbons (Fsp3) is 0.615. The predicted octanol–water partition coefficient (Wildman–Crippen LogP) is 2.16. The normalized spacial score (nSPS) is 19.4. The Balaban J connectivity index is 2.65. The van der Waals surface area contributed by atoms with E-state index >= 15 is 0 Å². The number of rotatable bonds is 3. The zero-order chi connectivity index (χ0) is 15.3. The average Bonchev–Trinajstić information content (AvgIpc) is 2.78. The lowest BCUT2D eigenvalue weighted by Gasteiger charge is -2.30. The number of nitrogens with zero attached hydrogens (tertiary/aromatic N) is 1. The number of hydrogen-bond donors (Lipinski definition) is 1. The van der Waals surface area contributed by atoms with E-state index in [2.05, 4.69) is 0 Å². The predicted molar refractivity (Wildman–Crippen MR) is 72.3 cm³/mol. The van der Waals surface area contributed by atoms with E-state index < -0.39 is 21.5 Å². The quantitative estimate of drug-likeness (QED) is 0.924. The summed E-state index contributed by atoms with van der Waals surface area (Å²) in [5.41, 5.74) is -0.767. The van der Waals surface area contributed by atoms with Crippen LogP contribution in [-0.2, 0) is 10.0 Å². The van der Waals surface area contributed by atoms with Gasteiger partial charge in [-0.25, -0.2) is 13.2 Å². The van der Waals surface area contributed by atoms with Gasteiger partial charge in [0.15, 0.2) is 0 Å². The van der Waals surface area contributed by atoms with Crippen molar-refractivity contribution in [3.63, 3.8) is 0 Å². The monoisotopic (exact) mass is 301 g/mol. The number of sulfonamides is 1. The Labute approximate surface area is 118 Å². The largest absolute Gasteiger partial charge is 0.478 e. The van der Waals surface area contributed by atoms with Gasteiger partial charge in [-0.3, -0.25) is 0 Å². The molecule has 7 heteroatoms. The van der Waals surface area contributed by atoms with Gasteiger partial charge in [-0.15, -0.1) is 0 Å². The Morgan fingerprint density at radius 2 is 1.90 bits per heavy atom. The van der Waals surface area contributed by atoms with Crippen LogP contribution < -0.4 is 0 Å². The fourth-order valence-electron chi connectivity index (χ4n) is 2.86. The van der Waals surface area contributed by atoms with Gasteiger partial charge in [0.2, 0.25) is 10.0 Å². The summed E-state index contributed by atoms with van der Waals surface area (Å²) in [6.07, 6.45) is 1.52. The molecule has 0 radical (unpaired) electrons. The first-order chi connectivity index (χ1) is 9.09. The number of carboxylic acid groups (broad SMARTS) is 1. The minimum Gasteiger partial charge on any atom is -0.478 e. The molecule has 0 saturated carbocycles. The smallest absolute Gasteiger partial charge is 0.340 e. The van der Waals surface area contributed by atoms with Crippen LogP contribution >= 0.6 is 0 Å². The molecular weight excluding hydrogens is 282 g/mol. The Morgan fingerprint density at radius 3 is 2.35 bits per heavy atom. The Hall–Kier alpha value is -1.34. The van der Waals surface area contributed by atoms with Crippen molar-refractivity contribution in [2.45, 2.75) is 51.0 Å². The van der Waals surface area contributed by atoms with Crippen molar-refractivity contribution < 1.29 is 22.7 Å². The SMILES string of the molecule is Cc1oc(C)c(S(=O)(=O)N2CCCC2(C)C)c1C(=O)O. The summed E-state index contributed by atoms with van der Waals surface area (Å²) in [7, 11) is -3.87. The van der Waals surface area contributed by atoms with Crippen LogP contribution in [0.15, 0.2) is 9.31 Å². The molecule has 6 nitrogen and oxygen atoms in total. The maximum atomic E-state index is 12.8. The van der Waals surface area contributed by atoms with E-state index in [4.69, 9.17) is 4.42 Å². The molecule has 1 saturated heterocycles. The van der Waals surface area contributed by atoms with E-state index in [0.717, 1.165) is 12.8 Å². The standard InChI is InChI=1S/C13H19NO5S/c1-8-10(12(15)16)11(9(2)19-8)20(17,18)14-7-5-6-13(14,3)4/h5-7H2,1-4H3,(H,15,16). The summed E-state index contributed by atoms with van der Waals surface area (Å²) in [6.45, 7) is 7.04. The van der Waals surface area contributed by atoms with E-state index in [1.54, 1.807) is 0 Å². The van der Waals surface area contributed by atoms with Gasteiger partial charge in [0.1, 0.15) is 22.0 Å². The van der Waals surface area contributed by atoms with Gasteiger partial charge >= 0.3 is 5.97 Å². The number of hydrogen-bond acceptors (Lipinski definition) is 4. The lowest BCUT2D eigenvalue weighted by Crippen LogP contribution is -2.43. The molecule has 2 rings (SSSR count). The van der Waals surface area contributed by atoms with Crippen LogP contribution in [0.1, 0.15) is 48.6 Å². The Morgan fingerprint density at radius 1 is 1.30 bits per heavy atom. The van der Waals surface area contributed by atoms with Gasteiger partial charge in [-0.2, -0.15) is 4.31 Å². The van der Waals surface area contributed by atoms with Crippen molar-refractivity contribution in [2.75, 3.05) is 6.54 Å².